The van der Waals surface area contributed by atoms with E-state index in [1.54, 1.807) is 0 Å². The van der Waals surface area contributed by atoms with Crippen LogP contribution in [0.15, 0.2) is 46.2 Å². The van der Waals surface area contributed by atoms with Gasteiger partial charge in [0, 0.05) is 22.5 Å². The van der Waals surface area contributed by atoms with Gasteiger partial charge in [-0.05, 0) is 24.3 Å². The second-order valence-electron chi connectivity index (χ2n) is 4.46. The number of benzene rings is 2. The van der Waals surface area contributed by atoms with E-state index in [0.717, 1.165) is 12.1 Å². The Bertz CT molecular complexity index is 878. The first-order valence-corrected chi connectivity index (χ1v) is 8.62. The molecular formula is C12H18N4O6S2. The predicted molar refractivity (Wildman–Crippen MR) is 90.4 cm³/mol. The highest BCUT2D eigenvalue weighted by atomic mass is 32.2. The lowest BCUT2D eigenvalue weighted by molar-refractivity contribution is 0.480. The fourth-order valence-electron chi connectivity index (χ4n) is 1.95. The van der Waals surface area contributed by atoms with Crippen LogP contribution in [0.25, 0.3) is 11.1 Å². The lowest BCUT2D eigenvalue weighted by Crippen LogP contribution is -2.06. The van der Waals surface area contributed by atoms with Crippen LogP contribution in [-0.4, -0.2) is 25.9 Å². The summed E-state index contributed by atoms with van der Waals surface area (Å²) in [6, 6.07) is 7.06. The summed E-state index contributed by atoms with van der Waals surface area (Å²) < 4.78 is 64.4. The maximum absolute atomic E-state index is 11.5. The Hall–Kier alpha value is -2.22. The lowest BCUT2D eigenvalue weighted by atomic mass is 10.0. The third kappa shape index (κ3) is 4.41. The quantitative estimate of drug-likeness (QED) is 0.331. The smallest absolute Gasteiger partial charge is 0.295 e. The molecule has 0 amide bonds. The first-order chi connectivity index (χ1) is 10.00. The zero-order valence-corrected chi connectivity index (χ0v) is 14.0. The van der Waals surface area contributed by atoms with Gasteiger partial charge in [-0.15, -0.1) is 0 Å². The Balaban J connectivity index is 0.00000264. The minimum Gasteiger partial charge on any atom is -0.399 e. The molecule has 0 aliphatic heterocycles. The van der Waals surface area contributed by atoms with Crippen molar-refractivity contribution >= 4 is 31.6 Å². The van der Waals surface area contributed by atoms with E-state index in [9.17, 15) is 25.9 Å². The summed E-state index contributed by atoms with van der Waals surface area (Å²) in [5.74, 6) is 0. The molecule has 0 unspecified atom stereocenters. The summed E-state index contributed by atoms with van der Waals surface area (Å²) in [7, 11) is -9.33. The van der Waals surface area contributed by atoms with Gasteiger partial charge in [0.1, 0.15) is 9.79 Å². The van der Waals surface area contributed by atoms with Crippen molar-refractivity contribution in [2.75, 3.05) is 11.5 Å². The average Bonchev–Trinajstić information content (AvgIpc) is 2.37. The molecule has 0 aliphatic carbocycles. The maximum Gasteiger partial charge on any atom is 0.295 e. The van der Waals surface area contributed by atoms with Crippen molar-refractivity contribution in [1.82, 2.24) is 12.3 Å². The molecule has 0 saturated carbocycles. The Morgan fingerprint density at radius 2 is 0.958 bits per heavy atom. The third-order valence-electron chi connectivity index (χ3n) is 2.86. The number of hydrogen-bond donors (Lipinski definition) is 6. The van der Waals surface area contributed by atoms with Gasteiger partial charge in [-0.25, -0.2) is 0 Å². The summed E-state index contributed by atoms with van der Waals surface area (Å²) in [5, 5.41) is 0. The van der Waals surface area contributed by atoms with Gasteiger partial charge in [-0.3, -0.25) is 9.11 Å². The molecule has 0 radical (unpaired) electrons. The van der Waals surface area contributed by atoms with E-state index in [1.165, 1.54) is 24.3 Å². The Kier molecular flexibility index (Phi) is 6.47. The molecule has 0 heterocycles. The zero-order valence-electron chi connectivity index (χ0n) is 12.4. The van der Waals surface area contributed by atoms with E-state index in [1.807, 2.05) is 0 Å². The van der Waals surface area contributed by atoms with Gasteiger partial charge in [-0.1, -0.05) is 12.1 Å². The van der Waals surface area contributed by atoms with Gasteiger partial charge in [0.05, 0.1) is 0 Å². The summed E-state index contributed by atoms with van der Waals surface area (Å²) in [6.07, 6.45) is 0. The number of rotatable bonds is 3. The molecule has 24 heavy (non-hydrogen) atoms. The molecule has 0 spiro atoms. The molecule has 12 heteroatoms. The SMILES string of the molecule is N.N.Nc1ccc(-c2ccc(N)cc2S(=O)(=O)O)c(S(=O)(=O)O)c1. The molecule has 2 rings (SSSR count). The Labute approximate surface area is 139 Å². The van der Waals surface area contributed by atoms with E-state index in [2.05, 4.69) is 0 Å². The van der Waals surface area contributed by atoms with Crippen LogP contribution in [0.2, 0.25) is 0 Å². The zero-order chi connectivity index (χ0) is 16.7. The monoisotopic (exact) mass is 378 g/mol. The highest BCUT2D eigenvalue weighted by molar-refractivity contribution is 7.86. The van der Waals surface area contributed by atoms with Crippen LogP contribution in [0.1, 0.15) is 0 Å². The van der Waals surface area contributed by atoms with Crippen LogP contribution >= 0.6 is 0 Å². The van der Waals surface area contributed by atoms with Gasteiger partial charge < -0.3 is 23.8 Å². The molecule has 2 aromatic rings. The minimum atomic E-state index is -4.66. The molecule has 0 bridgehead atoms. The van der Waals surface area contributed by atoms with Crippen molar-refractivity contribution in [2.24, 2.45) is 0 Å². The van der Waals surface area contributed by atoms with Crippen molar-refractivity contribution in [2.45, 2.75) is 9.79 Å². The Morgan fingerprint density at radius 3 is 1.21 bits per heavy atom. The summed E-state index contributed by atoms with van der Waals surface area (Å²) in [5.41, 5.74) is 10.8. The molecule has 0 atom stereocenters. The predicted octanol–water partition coefficient (Wildman–Crippen LogP) is 1.34. The average molecular weight is 378 g/mol. The van der Waals surface area contributed by atoms with Crippen molar-refractivity contribution in [3.8, 4) is 11.1 Å². The van der Waals surface area contributed by atoms with Crippen LogP contribution in [0.5, 0.6) is 0 Å². The molecule has 0 aliphatic rings. The van der Waals surface area contributed by atoms with Crippen LogP contribution in [0, 0.1) is 0 Å². The molecule has 0 saturated heterocycles. The van der Waals surface area contributed by atoms with Crippen LogP contribution in [0.4, 0.5) is 11.4 Å². The van der Waals surface area contributed by atoms with Crippen molar-refractivity contribution in [3.63, 3.8) is 0 Å². The summed E-state index contributed by atoms with van der Waals surface area (Å²) in [6.45, 7) is 0. The number of hydrogen-bond acceptors (Lipinski definition) is 8. The number of anilines is 2. The normalized spacial score (nSPS) is 11.2. The largest absolute Gasteiger partial charge is 0.399 e. The Morgan fingerprint density at radius 1 is 0.667 bits per heavy atom. The molecule has 10 nitrogen and oxygen atoms in total. The summed E-state index contributed by atoms with van der Waals surface area (Å²) in [4.78, 5) is -1.16. The molecule has 0 aromatic heterocycles. The molecule has 2 aromatic carbocycles. The van der Waals surface area contributed by atoms with Gasteiger partial charge in [0.2, 0.25) is 0 Å². The van der Waals surface area contributed by atoms with Crippen molar-refractivity contribution in [1.29, 1.82) is 0 Å². The molecule has 0 fully saturated rings. The van der Waals surface area contributed by atoms with Crippen LogP contribution in [-0.2, 0) is 20.2 Å². The van der Waals surface area contributed by atoms with E-state index in [-0.39, 0.29) is 34.8 Å². The van der Waals surface area contributed by atoms with E-state index in [0.29, 0.717) is 0 Å². The van der Waals surface area contributed by atoms with Crippen molar-refractivity contribution in [3.05, 3.63) is 36.4 Å². The van der Waals surface area contributed by atoms with Gasteiger partial charge in [0.25, 0.3) is 20.2 Å². The fraction of sp³-hybridized carbons (Fsp3) is 0. The maximum atomic E-state index is 11.5. The number of nitrogen functional groups attached to an aromatic ring is 2. The van der Waals surface area contributed by atoms with Crippen LogP contribution < -0.4 is 23.8 Å². The second-order valence-corrected chi connectivity index (χ2v) is 7.24. The van der Waals surface area contributed by atoms with Gasteiger partial charge >= 0.3 is 0 Å². The standard InChI is InChI=1S/C12H12N2O6S2.2H3N/c13-7-1-3-9(11(5-7)21(15,16)17)10-4-2-8(14)6-12(10)22(18,19)20;;/h1-6H,13-14H2,(H,15,16,17)(H,18,19,20);2*1H3. The van der Waals surface area contributed by atoms with E-state index >= 15 is 0 Å². The third-order valence-corrected chi connectivity index (χ3v) is 4.64. The lowest BCUT2D eigenvalue weighted by Gasteiger charge is -2.12. The van der Waals surface area contributed by atoms with E-state index in [4.69, 9.17) is 11.5 Å². The second kappa shape index (κ2) is 7.12. The molecule has 134 valence electrons. The topological polar surface area (TPSA) is 231 Å². The summed E-state index contributed by atoms with van der Waals surface area (Å²) >= 11 is 0. The fourth-order valence-corrected chi connectivity index (χ4v) is 3.43. The van der Waals surface area contributed by atoms with Gasteiger partial charge in [-0.2, -0.15) is 16.8 Å². The van der Waals surface area contributed by atoms with Gasteiger partial charge in [0.15, 0.2) is 0 Å². The van der Waals surface area contributed by atoms with Crippen LogP contribution in [0.3, 0.4) is 0 Å². The number of nitrogens with two attached hydrogens (primary N) is 2. The highest BCUT2D eigenvalue weighted by Crippen LogP contribution is 2.34. The minimum absolute atomic E-state index is 0. The molecular weight excluding hydrogens is 360 g/mol. The van der Waals surface area contributed by atoms with E-state index < -0.39 is 30.0 Å². The molecule has 12 N–H and O–H groups in total. The first-order valence-electron chi connectivity index (χ1n) is 5.74. The first kappa shape index (κ1) is 21.8. The highest BCUT2D eigenvalue weighted by Gasteiger charge is 2.23. The van der Waals surface area contributed by atoms with Crippen molar-refractivity contribution < 1.29 is 25.9 Å².